The highest BCUT2D eigenvalue weighted by Crippen LogP contribution is 2.30. The van der Waals surface area contributed by atoms with E-state index < -0.39 is 11.8 Å². The van der Waals surface area contributed by atoms with E-state index in [-0.39, 0.29) is 23.8 Å². The average Bonchev–Trinajstić information content (AvgIpc) is 2.89. The Balaban J connectivity index is 2.31. The van der Waals surface area contributed by atoms with Gasteiger partial charge < -0.3 is 10.0 Å². The van der Waals surface area contributed by atoms with Gasteiger partial charge in [-0.15, -0.1) is 0 Å². The molecule has 19 heavy (non-hydrogen) atoms. The van der Waals surface area contributed by atoms with Crippen molar-refractivity contribution < 1.29 is 14.3 Å². The number of anilines is 1. The standard InChI is InChI=1S/C14H15FN2O2/c15-12-7-10(8-16)5-6-13(12)17(9-14(18)19)11-3-1-2-4-11/h5-7,11H,1-4,9H2,(H,18,19). The molecule has 1 saturated carbocycles. The van der Waals surface area contributed by atoms with Gasteiger partial charge >= 0.3 is 5.97 Å². The van der Waals surface area contributed by atoms with E-state index in [1.54, 1.807) is 4.90 Å². The topological polar surface area (TPSA) is 64.3 Å². The van der Waals surface area contributed by atoms with Crippen molar-refractivity contribution >= 4 is 11.7 Å². The fourth-order valence-electron chi connectivity index (χ4n) is 2.58. The summed E-state index contributed by atoms with van der Waals surface area (Å²) in [6, 6.07) is 6.10. The summed E-state index contributed by atoms with van der Waals surface area (Å²) in [5.74, 6) is -1.51. The van der Waals surface area contributed by atoms with Gasteiger partial charge in [0.2, 0.25) is 0 Å². The molecule has 0 spiro atoms. The van der Waals surface area contributed by atoms with Crippen LogP contribution in [0.25, 0.3) is 0 Å². The van der Waals surface area contributed by atoms with Gasteiger partial charge in [0, 0.05) is 6.04 Å². The van der Waals surface area contributed by atoms with Crippen molar-refractivity contribution in [1.29, 1.82) is 5.26 Å². The minimum atomic E-state index is -0.976. The van der Waals surface area contributed by atoms with Crippen molar-refractivity contribution in [3.05, 3.63) is 29.6 Å². The van der Waals surface area contributed by atoms with Crippen molar-refractivity contribution in [1.82, 2.24) is 0 Å². The number of carbonyl (C=O) groups is 1. The highest BCUT2D eigenvalue weighted by molar-refractivity contribution is 5.74. The van der Waals surface area contributed by atoms with Crippen LogP contribution >= 0.6 is 0 Å². The first-order valence-electron chi connectivity index (χ1n) is 6.30. The van der Waals surface area contributed by atoms with Gasteiger partial charge in [-0.3, -0.25) is 4.79 Å². The predicted octanol–water partition coefficient (Wildman–Crippen LogP) is 2.53. The third-order valence-electron chi connectivity index (χ3n) is 3.46. The largest absolute Gasteiger partial charge is 0.480 e. The molecule has 0 radical (unpaired) electrons. The minimum Gasteiger partial charge on any atom is -0.480 e. The van der Waals surface area contributed by atoms with Crippen LogP contribution in [0.15, 0.2) is 18.2 Å². The number of hydrogen-bond acceptors (Lipinski definition) is 3. The zero-order valence-corrected chi connectivity index (χ0v) is 10.5. The van der Waals surface area contributed by atoms with Crippen LogP contribution in [0.3, 0.4) is 0 Å². The molecule has 0 amide bonds. The van der Waals surface area contributed by atoms with Gasteiger partial charge in [0.05, 0.1) is 17.3 Å². The molecule has 4 nitrogen and oxygen atoms in total. The number of hydrogen-bond donors (Lipinski definition) is 1. The molecule has 1 aromatic rings. The molecule has 0 aromatic heterocycles. The lowest BCUT2D eigenvalue weighted by Crippen LogP contribution is -2.38. The summed E-state index contributed by atoms with van der Waals surface area (Å²) in [5, 5.41) is 17.7. The van der Waals surface area contributed by atoms with Gasteiger partial charge in [0.1, 0.15) is 12.4 Å². The molecule has 0 heterocycles. The number of halogens is 1. The number of aliphatic carboxylic acids is 1. The van der Waals surface area contributed by atoms with Crippen LogP contribution in [0.4, 0.5) is 10.1 Å². The third-order valence-corrected chi connectivity index (χ3v) is 3.46. The molecule has 2 rings (SSSR count). The molecule has 0 unspecified atom stereocenters. The van der Waals surface area contributed by atoms with E-state index in [1.165, 1.54) is 12.1 Å². The summed E-state index contributed by atoms with van der Waals surface area (Å²) in [7, 11) is 0. The summed E-state index contributed by atoms with van der Waals surface area (Å²) < 4.78 is 14.0. The molecule has 100 valence electrons. The van der Waals surface area contributed by atoms with Crippen LogP contribution < -0.4 is 4.90 Å². The first-order chi connectivity index (χ1) is 9.11. The molecule has 1 fully saturated rings. The average molecular weight is 262 g/mol. The number of nitriles is 1. The van der Waals surface area contributed by atoms with Gasteiger partial charge in [0.25, 0.3) is 0 Å². The molecule has 1 aromatic carbocycles. The van der Waals surface area contributed by atoms with Gasteiger partial charge in [0.15, 0.2) is 0 Å². The SMILES string of the molecule is N#Cc1ccc(N(CC(=O)O)C2CCCC2)c(F)c1. The zero-order chi connectivity index (χ0) is 13.8. The van der Waals surface area contributed by atoms with Crippen molar-refractivity contribution in [2.45, 2.75) is 31.7 Å². The Hall–Kier alpha value is -2.09. The van der Waals surface area contributed by atoms with Crippen molar-refractivity contribution in [3.63, 3.8) is 0 Å². The Bertz CT molecular complexity index is 519. The van der Waals surface area contributed by atoms with Crippen LogP contribution in [0.2, 0.25) is 0 Å². The fourth-order valence-corrected chi connectivity index (χ4v) is 2.58. The maximum Gasteiger partial charge on any atom is 0.323 e. The summed E-state index contributed by atoms with van der Waals surface area (Å²) in [6.45, 7) is -0.215. The number of carboxylic acid groups (broad SMARTS) is 1. The third kappa shape index (κ3) is 3.02. The van der Waals surface area contributed by atoms with Crippen LogP contribution in [0.5, 0.6) is 0 Å². The smallest absolute Gasteiger partial charge is 0.323 e. The normalized spacial score (nSPS) is 15.2. The quantitative estimate of drug-likeness (QED) is 0.905. The maximum atomic E-state index is 14.0. The molecule has 1 aliphatic rings. The number of nitrogens with zero attached hydrogens (tertiary/aromatic N) is 2. The Labute approximate surface area is 111 Å². The monoisotopic (exact) mass is 262 g/mol. The molecule has 0 atom stereocenters. The Morgan fingerprint density at radius 1 is 1.47 bits per heavy atom. The molecule has 1 N–H and O–H groups in total. The molecule has 1 aliphatic carbocycles. The van der Waals surface area contributed by atoms with Crippen molar-refractivity contribution in [3.8, 4) is 6.07 Å². The molecule has 5 heteroatoms. The molecule has 0 saturated heterocycles. The zero-order valence-electron chi connectivity index (χ0n) is 10.5. The van der Waals surface area contributed by atoms with E-state index in [0.29, 0.717) is 0 Å². The second kappa shape index (κ2) is 5.70. The van der Waals surface area contributed by atoms with E-state index in [2.05, 4.69) is 0 Å². The highest BCUT2D eigenvalue weighted by Gasteiger charge is 2.26. The summed E-state index contributed by atoms with van der Waals surface area (Å²) in [5.41, 5.74) is 0.510. The molecular weight excluding hydrogens is 247 g/mol. The number of benzene rings is 1. The van der Waals surface area contributed by atoms with E-state index in [4.69, 9.17) is 10.4 Å². The van der Waals surface area contributed by atoms with Gasteiger partial charge in [-0.1, -0.05) is 12.8 Å². The van der Waals surface area contributed by atoms with Crippen LogP contribution in [0.1, 0.15) is 31.2 Å². The summed E-state index contributed by atoms with van der Waals surface area (Å²) in [6.07, 6.45) is 3.84. The fraction of sp³-hybridized carbons (Fsp3) is 0.429. The van der Waals surface area contributed by atoms with Crippen LogP contribution in [-0.2, 0) is 4.79 Å². The van der Waals surface area contributed by atoms with Crippen LogP contribution in [-0.4, -0.2) is 23.7 Å². The lowest BCUT2D eigenvalue weighted by atomic mass is 10.1. The first kappa shape index (κ1) is 13.3. The van der Waals surface area contributed by atoms with Gasteiger partial charge in [-0.25, -0.2) is 4.39 Å². The molecular formula is C14H15FN2O2. The van der Waals surface area contributed by atoms with Gasteiger partial charge in [-0.05, 0) is 31.0 Å². The second-order valence-electron chi connectivity index (χ2n) is 4.74. The number of carboxylic acids is 1. The summed E-state index contributed by atoms with van der Waals surface area (Å²) >= 11 is 0. The van der Waals surface area contributed by atoms with E-state index in [9.17, 15) is 9.18 Å². The lowest BCUT2D eigenvalue weighted by Gasteiger charge is -2.29. The van der Waals surface area contributed by atoms with Crippen molar-refractivity contribution in [2.75, 3.05) is 11.4 Å². The van der Waals surface area contributed by atoms with Crippen LogP contribution in [0, 0.1) is 17.1 Å². The summed E-state index contributed by atoms with van der Waals surface area (Å²) in [4.78, 5) is 12.6. The molecule has 0 aliphatic heterocycles. The van der Waals surface area contributed by atoms with E-state index in [0.717, 1.165) is 31.7 Å². The second-order valence-corrected chi connectivity index (χ2v) is 4.74. The maximum absolute atomic E-state index is 14.0. The lowest BCUT2D eigenvalue weighted by molar-refractivity contribution is -0.135. The predicted molar refractivity (Wildman–Crippen MR) is 68.4 cm³/mol. The highest BCUT2D eigenvalue weighted by atomic mass is 19.1. The Morgan fingerprint density at radius 2 is 2.16 bits per heavy atom. The molecule has 0 bridgehead atoms. The Morgan fingerprint density at radius 3 is 2.68 bits per heavy atom. The van der Waals surface area contributed by atoms with Gasteiger partial charge in [-0.2, -0.15) is 5.26 Å². The minimum absolute atomic E-state index is 0.0681. The number of rotatable bonds is 4. The van der Waals surface area contributed by atoms with E-state index in [1.807, 2.05) is 6.07 Å². The van der Waals surface area contributed by atoms with E-state index >= 15 is 0 Å². The Kier molecular flexibility index (Phi) is 4.00. The first-order valence-corrected chi connectivity index (χ1v) is 6.30. The van der Waals surface area contributed by atoms with Crippen molar-refractivity contribution in [2.24, 2.45) is 0 Å².